The molecule has 5 rings (SSSR count). The molecule has 0 unspecified atom stereocenters. The fraction of sp³-hybridized carbons (Fsp3) is 0.533. The zero-order chi connectivity index (χ0) is 28.1. The van der Waals surface area contributed by atoms with Crippen molar-refractivity contribution in [3.05, 3.63) is 53.9 Å². The maximum atomic E-state index is 13.6. The van der Waals surface area contributed by atoms with Crippen LogP contribution < -0.4 is 15.1 Å². The molecule has 0 atom stereocenters. The number of aromatic nitrogens is 1. The Kier molecular flexibility index (Phi) is 6.91. The van der Waals surface area contributed by atoms with Crippen LogP contribution in [0.3, 0.4) is 0 Å². The zero-order valence-corrected chi connectivity index (χ0v) is 23.9. The van der Waals surface area contributed by atoms with Gasteiger partial charge in [0.05, 0.1) is 11.4 Å². The highest BCUT2D eigenvalue weighted by atomic mass is 16.2. The van der Waals surface area contributed by atoms with E-state index in [9.17, 15) is 14.4 Å². The molecule has 9 nitrogen and oxygen atoms in total. The van der Waals surface area contributed by atoms with E-state index >= 15 is 0 Å². The van der Waals surface area contributed by atoms with E-state index in [1.54, 1.807) is 36.0 Å². The number of rotatable bonds is 5. The number of nitrogens with one attached hydrogen (secondary N) is 1. The van der Waals surface area contributed by atoms with Gasteiger partial charge in [-0.2, -0.15) is 0 Å². The number of benzene rings is 1. The molecule has 0 saturated carbocycles. The minimum Gasteiger partial charge on any atom is -0.335 e. The second kappa shape index (κ2) is 9.93. The Balaban J connectivity index is 1.39. The lowest BCUT2D eigenvalue weighted by Gasteiger charge is -2.35. The largest absolute Gasteiger partial charge is 0.335 e. The van der Waals surface area contributed by atoms with Crippen LogP contribution in [0, 0.1) is 0 Å². The number of fused-ring (bicyclic) bond motifs is 1. The van der Waals surface area contributed by atoms with Crippen LogP contribution in [-0.4, -0.2) is 70.0 Å². The molecular formula is C30H40N6O3. The van der Waals surface area contributed by atoms with Crippen LogP contribution >= 0.6 is 0 Å². The first-order valence-electron chi connectivity index (χ1n) is 13.9. The Hall–Kier alpha value is -3.46. The molecule has 5 amide bonds. The Bertz CT molecular complexity index is 1270. The van der Waals surface area contributed by atoms with Crippen LogP contribution in [0.1, 0.15) is 65.5 Å². The minimum absolute atomic E-state index is 0.124. The molecule has 2 fully saturated rings. The summed E-state index contributed by atoms with van der Waals surface area (Å²) < 4.78 is 0. The first kappa shape index (κ1) is 27.1. The van der Waals surface area contributed by atoms with Gasteiger partial charge >= 0.3 is 12.1 Å². The molecule has 4 heterocycles. The van der Waals surface area contributed by atoms with E-state index in [1.165, 1.54) is 4.90 Å². The number of anilines is 2. The Labute approximate surface area is 231 Å². The molecule has 208 valence electrons. The lowest BCUT2D eigenvalue weighted by Crippen LogP contribution is -2.50. The molecule has 1 aromatic heterocycles. The van der Waals surface area contributed by atoms with Crippen LogP contribution in [0.5, 0.6) is 0 Å². The molecular weight excluding hydrogens is 492 g/mol. The summed E-state index contributed by atoms with van der Waals surface area (Å²) in [5, 5.41) is 3.25. The molecule has 9 heteroatoms. The molecule has 2 aromatic rings. The number of nitrogens with zero attached hydrogens (tertiary/aromatic N) is 5. The molecule has 0 bridgehead atoms. The summed E-state index contributed by atoms with van der Waals surface area (Å²) in [7, 11) is 0. The van der Waals surface area contributed by atoms with Crippen molar-refractivity contribution in [2.45, 2.75) is 84.0 Å². The van der Waals surface area contributed by atoms with Gasteiger partial charge in [-0.15, -0.1) is 0 Å². The van der Waals surface area contributed by atoms with Gasteiger partial charge in [-0.05, 0) is 75.9 Å². The second-order valence-electron chi connectivity index (χ2n) is 12.4. The van der Waals surface area contributed by atoms with E-state index in [2.05, 4.69) is 42.9 Å². The van der Waals surface area contributed by atoms with Gasteiger partial charge in [0.1, 0.15) is 5.54 Å². The van der Waals surface area contributed by atoms with Gasteiger partial charge in [0, 0.05) is 56.1 Å². The third-order valence-electron chi connectivity index (χ3n) is 8.56. The number of hydrogen-bond acceptors (Lipinski definition) is 5. The first-order valence-corrected chi connectivity index (χ1v) is 13.9. The van der Waals surface area contributed by atoms with Crippen molar-refractivity contribution >= 4 is 29.3 Å². The summed E-state index contributed by atoms with van der Waals surface area (Å²) >= 11 is 0. The number of imide groups is 1. The summed E-state index contributed by atoms with van der Waals surface area (Å²) in [6, 6.07) is 9.44. The fourth-order valence-corrected chi connectivity index (χ4v) is 6.01. The van der Waals surface area contributed by atoms with Crippen molar-refractivity contribution in [3.63, 3.8) is 0 Å². The van der Waals surface area contributed by atoms with Gasteiger partial charge in [-0.25, -0.2) is 14.5 Å². The third-order valence-corrected chi connectivity index (χ3v) is 8.56. The summed E-state index contributed by atoms with van der Waals surface area (Å²) in [5.74, 6) is -0.285. The molecule has 0 spiro atoms. The molecule has 1 N–H and O–H groups in total. The van der Waals surface area contributed by atoms with Gasteiger partial charge in [0.25, 0.3) is 5.91 Å². The van der Waals surface area contributed by atoms with E-state index < -0.39 is 5.54 Å². The number of pyridine rings is 1. The minimum atomic E-state index is -1.01. The van der Waals surface area contributed by atoms with E-state index in [4.69, 9.17) is 0 Å². The highest BCUT2D eigenvalue weighted by molar-refractivity contribution is 6.23. The zero-order valence-electron chi connectivity index (χ0n) is 23.9. The van der Waals surface area contributed by atoms with Crippen molar-refractivity contribution in [3.8, 4) is 0 Å². The third kappa shape index (κ3) is 4.88. The number of hydrogen-bond donors (Lipinski definition) is 1. The van der Waals surface area contributed by atoms with Crippen molar-refractivity contribution in [2.24, 2.45) is 0 Å². The SMILES string of the molecule is CC(C)N1CCC(NC(=O)N2CC(C)(C)c3ccc(N4C(=O)N(Cc5ccncc5)C(C)(C)C4=O)cc32)CC1. The second-order valence-corrected chi connectivity index (χ2v) is 12.4. The van der Waals surface area contributed by atoms with Gasteiger partial charge in [0.2, 0.25) is 0 Å². The standard InChI is InChI=1S/C30H40N6O3/c1-20(2)33-15-11-22(12-16-33)32-27(38)34-19-29(3,4)24-8-7-23(17-25(24)34)36-26(37)30(5,6)35(28(36)39)18-21-9-13-31-14-10-21/h7-10,13-14,17,20,22H,11-12,15-16,18-19H2,1-6H3,(H,32,38). The van der Waals surface area contributed by atoms with Crippen molar-refractivity contribution in [2.75, 3.05) is 29.4 Å². The monoisotopic (exact) mass is 532 g/mol. The molecule has 2 saturated heterocycles. The number of carbonyl (C=O) groups is 3. The lowest BCUT2D eigenvalue weighted by molar-refractivity contribution is -0.123. The van der Waals surface area contributed by atoms with Crippen molar-refractivity contribution < 1.29 is 14.4 Å². The number of piperidine rings is 1. The fourth-order valence-electron chi connectivity index (χ4n) is 6.01. The van der Waals surface area contributed by atoms with Crippen LogP contribution in [0.2, 0.25) is 0 Å². The summed E-state index contributed by atoms with van der Waals surface area (Å²) in [6.45, 7) is 15.0. The summed E-state index contributed by atoms with van der Waals surface area (Å²) in [4.78, 5) is 51.9. The predicted molar refractivity (Wildman–Crippen MR) is 152 cm³/mol. The van der Waals surface area contributed by atoms with E-state index in [-0.39, 0.29) is 29.4 Å². The number of likely N-dealkylation sites (tertiary alicyclic amines) is 1. The topological polar surface area (TPSA) is 89.1 Å². The van der Waals surface area contributed by atoms with Crippen LogP contribution in [0.15, 0.2) is 42.7 Å². The molecule has 0 aliphatic carbocycles. The number of carbonyl (C=O) groups excluding carboxylic acids is 3. The van der Waals surface area contributed by atoms with Crippen LogP contribution in [0.4, 0.5) is 21.0 Å². The quantitative estimate of drug-likeness (QED) is 0.573. The smallest absolute Gasteiger partial charge is 0.332 e. The van der Waals surface area contributed by atoms with Crippen LogP contribution in [-0.2, 0) is 16.8 Å². The van der Waals surface area contributed by atoms with E-state index in [0.717, 1.165) is 42.7 Å². The number of urea groups is 2. The van der Waals surface area contributed by atoms with Crippen molar-refractivity contribution in [1.82, 2.24) is 20.1 Å². The maximum absolute atomic E-state index is 13.6. The Morgan fingerprint density at radius 3 is 2.36 bits per heavy atom. The molecule has 1 aromatic carbocycles. The number of amides is 5. The summed E-state index contributed by atoms with van der Waals surface area (Å²) in [5.41, 5.74) is 1.90. The van der Waals surface area contributed by atoms with Gasteiger partial charge < -0.3 is 15.1 Å². The lowest BCUT2D eigenvalue weighted by atomic mass is 9.87. The van der Waals surface area contributed by atoms with Gasteiger partial charge in [-0.3, -0.25) is 14.7 Å². The van der Waals surface area contributed by atoms with Crippen molar-refractivity contribution in [1.29, 1.82) is 0 Å². The average Bonchev–Trinajstić information content (AvgIpc) is 3.26. The van der Waals surface area contributed by atoms with Gasteiger partial charge in [0.15, 0.2) is 0 Å². The predicted octanol–water partition coefficient (Wildman–Crippen LogP) is 4.51. The molecule has 39 heavy (non-hydrogen) atoms. The Morgan fingerprint density at radius 1 is 1.05 bits per heavy atom. The molecule has 3 aliphatic rings. The first-order chi connectivity index (χ1) is 18.4. The molecule has 0 radical (unpaired) electrons. The van der Waals surface area contributed by atoms with Crippen LogP contribution in [0.25, 0.3) is 0 Å². The summed E-state index contributed by atoms with van der Waals surface area (Å²) in [6.07, 6.45) is 5.20. The highest BCUT2D eigenvalue weighted by Gasteiger charge is 2.52. The molecule has 3 aliphatic heterocycles. The van der Waals surface area contributed by atoms with Gasteiger partial charge in [-0.1, -0.05) is 19.9 Å². The average molecular weight is 533 g/mol. The Morgan fingerprint density at radius 2 is 1.72 bits per heavy atom. The van der Waals surface area contributed by atoms with E-state index in [1.807, 2.05) is 30.3 Å². The van der Waals surface area contributed by atoms with E-state index in [0.29, 0.717) is 24.8 Å². The highest BCUT2D eigenvalue weighted by Crippen LogP contribution is 2.44. The normalized spacial score (nSPS) is 21.2. The maximum Gasteiger partial charge on any atom is 0.332 e.